The van der Waals surface area contributed by atoms with Crippen molar-refractivity contribution in [1.29, 1.82) is 0 Å². The molecule has 1 aliphatic heterocycles. The van der Waals surface area contributed by atoms with Crippen LogP contribution in [0.3, 0.4) is 0 Å². The maximum Gasteiger partial charge on any atom is 0.163 e. The van der Waals surface area contributed by atoms with Crippen LogP contribution in [0.25, 0.3) is 33.6 Å². The van der Waals surface area contributed by atoms with Gasteiger partial charge in [-0.3, -0.25) is 9.78 Å². The summed E-state index contributed by atoms with van der Waals surface area (Å²) in [5, 5.41) is 0. The van der Waals surface area contributed by atoms with Gasteiger partial charge in [-0.1, -0.05) is 12.1 Å². The molecule has 0 atom stereocenters. The number of benzene rings is 1. The van der Waals surface area contributed by atoms with E-state index in [0.29, 0.717) is 12.3 Å². The zero-order chi connectivity index (χ0) is 20.9. The molecule has 2 aromatic heterocycles. The smallest absolute Gasteiger partial charge is 0.163 e. The number of carbonyl (C=O) groups excluding carboxylic acids is 1. The SMILES string of the molecule is COCCN1CCC(c2oc(-c3ccc4c(c3)CCC4=O)c3c2-c2ccncc2-3)CC1. The summed E-state index contributed by atoms with van der Waals surface area (Å²) in [4.78, 5) is 18.9. The van der Waals surface area contributed by atoms with Gasteiger partial charge >= 0.3 is 0 Å². The number of methoxy groups -OCH3 is 1. The molecule has 1 fully saturated rings. The fourth-order valence-corrected chi connectivity index (χ4v) is 5.45. The first-order chi connectivity index (χ1) is 15.2. The summed E-state index contributed by atoms with van der Waals surface area (Å²) in [6, 6.07) is 8.29. The van der Waals surface area contributed by atoms with Crippen molar-refractivity contribution in [2.75, 3.05) is 33.4 Å². The summed E-state index contributed by atoms with van der Waals surface area (Å²) in [6.07, 6.45) is 7.46. The molecule has 0 N–H and O–H groups in total. The molecule has 31 heavy (non-hydrogen) atoms. The van der Waals surface area contributed by atoms with Gasteiger partial charge in [0.2, 0.25) is 0 Å². The molecule has 0 saturated carbocycles. The van der Waals surface area contributed by atoms with Crippen molar-refractivity contribution in [3.05, 3.63) is 53.5 Å². The lowest BCUT2D eigenvalue weighted by atomic mass is 9.78. The van der Waals surface area contributed by atoms with Gasteiger partial charge in [-0.25, -0.2) is 0 Å². The number of aromatic nitrogens is 1. The first kappa shape index (κ1) is 19.0. The average molecular weight is 415 g/mol. The van der Waals surface area contributed by atoms with Crippen molar-refractivity contribution in [3.63, 3.8) is 0 Å². The number of aryl methyl sites for hydroxylation is 1. The number of ketones is 1. The molecule has 1 saturated heterocycles. The number of hydrogen-bond acceptors (Lipinski definition) is 5. The monoisotopic (exact) mass is 414 g/mol. The highest BCUT2D eigenvalue weighted by Crippen LogP contribution is 2.57. The highest BCUT2D eigenvalue weighted by Gasteiger charge is 2.37. The lowest BCUT2D eigenvalue weighted by Crippen LogP contribution is -2.35. The number of hydrogen-bond donors (Lipinski definition) is 0. The largest absolute Gasteiger partial charge is 0.459 e. The Morgan fingerprint density at radius 2 is 1.97 bits per heavy atom. The molecule has 0 spiro atoms. The number of furan rings is 1. The summed E-state index contributed by atoms with van der Waals surface area (Å²) >= 11 is 0. The van der Waals surface area contributed by atoms with Crippen molar-refractivity contribution in [2.45, 2.75) is 31.6 Å². The molecule has 5 nitrogen and oxygen atoms in total. The Morgan fingerprint density at radius 1 is 1.10 bits per heavy atom. The molecule has 0 bridgehead atoms. The Labute approximate surface area is 182 Å². The summed E-state index contributed by atoms with van der Waals surface area (Å²) < 4.78 is 11.9. The molecule has 158 valence electrons. The van der Waals surface area contributed by atoms with E-state index in [1.165, 1.54) is 22.3 Å². The Balaban J connectivity index is 1.37. The van der Waals surface area contributed by atoms with Crippen molar-refractivity contribution in [2.24, 2.45) is 0 Å². The number of pyridine rings is 1. The predicted octanol–water partition coefficient (Wildman–Crippen LogP) is 4.94. The van der Waals surface area contributed by atoms with Gasteiger partial charge in [0.15, 0.2) is 5.78 Å². The number of ether oxygens (including phenoxy) is 1. The second-order valence-electron chi connectivity index (χ2n) is 8.87. The molecule has 3 aromatic rings. The van der Waals surface area contributed by atoms with Crippen molar-refractivity contribution in [3.8, 4) is 33.6 Å². The third kappa shape index (κ3) is 2.99. The van der Waals surface area contributed by atoms with Gasteiger partial charge in [-0.2, -0.15) is 0 Å². The van der Waals surface area contributed by atoms with Crippen LogP contribution in [0.5, 0.6) is 0 Å². The molecule has 5 heteroatoms. The fraction of sp³-hybridized carbons (Fsp3) is 0.385. The number of likely N-dealkylation sites (tertiary alicyclic amines) is 1. The lowest BCUT2D eigenvalue weighted by Gasteiger charge is -2.32. The van der Waals surface area contributed by atoms with Crippen LogP contribution in [0.15, 0.2) is 41.1 Å². The van der Waals surface area contributed by atoms with Crippen molar-refractivity contribution < 1.29 is 13.9 Å². The first-order valence-corrected chi connectivity index (χ1v) is 11.2. The quantitative estimate of drug-likeness (QED) is 0.463. The van der Waals surface area contributed by atoms with Crippen LogP contribution in [-0.2, 0) is 11.2 Å². The Morgan fingerprint density at radius 3 is 2.81 bits per heavy atom. The van der Waals surface area contributed by atoms with E-state index in [4.69, 9.17) is 9.15 Å². The molecule has 0 amide bonds. The average Bonchev–Trinajstić information content (AvgIpc) is 3.34. The van der Waals surface area contributed by atoms with Gasteiger partial charge in [0, 0.05) is 66.2 Å². The highest BCUT2D eigenvalue weighted by molar-refractivity contribution is 6.09. The lowest BCUT2D eigenvalue weighted by molar-refractivity contribution is 0.0994. The molecule has 0 unspecified atom stereocenters. The first-order valence-electron chi connectivity index (χ1n) is 11.2. The van der Waals surface area contributed by atoms with Crippen LogP contribution in [-0.4, -0.2) is 49.0 Å². The zero-order valence-corrected chi connectivity index (χ0v) is 17.8. The summed E-state index contributed by atoms with van der Waals surface area (Å²) in [5.74, 6) is 2.75. The van der Waals surface area contributed by atoms with E-state index >= 15 is 0 Å². The van der Waals surface area contributed by atoms with E-state index in [-0.39, 0.29) is 5.78 Å². The van der Waals surface area contributed by atoms with Gasteiger partial charge in [0.05, 0.1) is 6.61 Å². The molecule has 6 rings (SSSR count). The molecule has 1 aromatic carbocycles. The highest BCUT2D eigenvalue weighted by atomic mass is 16.5. The third-order valence-electron chi connectivity index (χ3n) is 7.15. The minimum absolute atomic E-state index is 0.254. The Bertz CT molecular complexity index is 1170. The van der Waals surface area contributed by atoms with Crippen molar-refractivity contribution >= 4 is 5.78 Å². The zero-order valence-electron chi connectivity index (χ0n) is 17.8. The molecular weight excluding hydrogens is 388 g/mol. The maximum atomic E-state index is 12.1. The van der Waals surface area contributed by atoms with E-state index in [1.54, 1.807) is 7.11 Å². The predicted molar refractivity (Wildman–Crippen MR) is 119 cm³/mol. The number of carbonyl (C=O) groups is 1. The number of nitrogens with zero attached hydrogens (tertiary/aromatic N) is 2. The van der Waals surface area contributed by atoms with Crippen LogP contribution < -0.4 is 0 Å². The summed E-state index contributed by atoms with van der Waals surface area (Å²) in [5.41, 5.74) is 8.00. The number of Topliss-reactive ketones (excluding diaryl/α,β-unsaturated/α-hetero) is 1. The van der Waals surface area contributed by atoms with Gasteiger partial charge < -0.3 is 14.1 Å². The topological polar surface area (TPSA) is 55.6 Å². The molecule has 2 aliphatic carbocycles. The number of fused-ring (bicyclic) bond motifs is 5. The van der Waals surface area contributed by atoms with Crippen LogP contribution >= 0.6 is 0 Å². The normalized spacial score (nSPS) is 17.9. The van der Waals surface area contributed by atoms with Crippen molar-refractivity contribution in [1.82, 2.24) is 9.88 Å². The molecule has 3 aliphatic rings. The second-order valence-corrected chi connectivity index (χ2v) is 8.87. The van der Waals surface area contributed by atoms with Crippen LogP contribution in [0.1, 0.15) is 46.9 Å². The maximum absolute atomic E-state index is 12.1. The van der Waals surface area contributed by atoms with Gasteiger partial charge in [-0.05, 0) is 55.6 Å². The van der Waals surface area contributed by atoms with E-state index in [9.17, 15) is 4.79 Å². The third-order valence-corrected chi connectivity index (χ3v) is 7.15. The Hall–Kier alpha value is -2.76. The van der Waals surface area contributed by atoms with E-state index in [1.807, 2.05) is 24.5 Å². The Kier molecular flexibility index (Phi) is 4.55. The molecular formula is C26H26N2O3. The molecule has 3 heterocycles. The van der Waals surface area contributed by atoms with Gasteiger partial charge in [-0.15, -0.1) is 0 Å². The van der Waals surface area contributed by atoms with Crippen LogP contribution in [0, 0.1) is 0 Å². The number of rotatable bonds is 5. The van der Waals surface area contributed by atoms with Gasteiger partial charge in [0.25, 0.3) is 0 Å². The second kappa shape index (κ2) is 7.43. The number of piperidine rings is 1. The fourth-order valence-electron chi connectivity index (χ4n) is 5.45. The van der Waals surface area contributed by atoms with Crippen LogP contribution in [0.2, 0.25) is 0 Å². The van der Waals surface area contributed by atoms with E-state index < -0.39 is 0 Å². The standard InChI is InChI=1S/C26H26N2O3/c1-30-13-12-28-10-7-16(8-11-28)25-23-20-6-9-27-15-21(20)24(23)26(31-25)18-2-4-19-17(14-18)3-5-22(19)29/h2,4,6,9,14-16H,3,5,7-8,10-13H2,1H3. The van der Waals surface area contributed by atoms with Crippen LogP contribution in [0.4, 0.5) is 0 Å². The molecule has 0 radical (unpaired) electrons. The minimum Gasteiger partial charge on any atom is -0.459 e. The summed E-state index contributed by atoms with van der Waals surface area (Å²) in [7, 11) is 1.76. The van der Waals surface area contributed by atoms with Gasteiger partial charge in [0.1, 0.15) is 11.5 Å². The summed E-state index contributed by atoms with van der Waals surface area (Å²) in [6.45, 7) is 3.92. The minimum atomic E-state index is 0.254. The van der Waals surface area contributed by atoms with E-state index in [2.05, 4.69) is 22.0 Å². The van der Waals surface area contributed by atoms with E-state index in [0.717, 1.165) is 73.7 Å².